The summed E-state index contributed by atoms with van der Waals surface area (Å²) in [6.07, 6.45) is 6.88. The van der Waals surface area contributed by atoms with Gasteiger partial charge in [-0.15, -0.1) is 0 Å². The largest absolute Gasteiger partial charge is 0.484 e. The first-order chi connectivity index (χ1) is 13.1. The van der Waals surface area contributed by atoms with Gasteiger partial charge in [0.1, 0.15) is 11.4 Å². The molecular formula is C21H30N2O4. The van der Waals surface area contributed by atoms with Gasteiger partial charge in [0.15, 0.2) is 6.61 Å². The van der Waals surface area contributed by atoms with Gasteiger partial charge in [-0.05, 0) is 56.9 Å². The fraction of sp³-hybridized carbons (Fsp3) is 0.619. The Kier molecular flexibility index (Phi) is 6.72. The zero-order valence-electron chi connectivity index (χ0n) is 16.2. The number of hydrogen-bond acceptors (Lipinski definition) is 4. The molecule has 2 aliphatic rings. The molecule has 0 radical (unpaired) electrons. The van der Waals surface area contributed by atoms with Gasteiger partial charge in [-0.1, -0.05) is 19.3 Å². The highest BCUT2D eigenvalue weighted by Gasteiger charge is 2.40. The molecule has 3 rings (SSSR count). The van der Waals surface area contributed by atoms with E-state index in [1.807, 2.05) is 11.8 Å². The van der Waals surface area contributed by atoms with E-state index < -0.39 is 5.60 Å². The molecule has 1 aliphatic heterocycles. The number of amides is 2. The van der Waals surface area contributed by atoms with Crippen LogP contribution in [0.25, 0.3) is 0 Å². The van der Waals surface area contributed by atoms with E-state index in [9.17, 15) is 9.59 Å². The normalized spacial score (nSPS) is 18.9. The average molecular weight is 374 g/mol. The van der Waals surface area contributed by atoms with Crippen LogP contribution in [-0.2, 0) is 14.3 Å². The second kappa shape index (κ2) is 9.22. The molecule has 1 aromatic carbocycles. The van der Waals surface area contributed by atoms with Crippen molar-refractivity contribution in [1.82, 2.24) is 4.90 Å². The van der Waals surface area contributed by atoms with Crippen molar-refractivity contribution in [2.45, 2.75) is 57.5 Å². The number of carbonyl (C=O) groups is 2. The van der Waals surface area contributed by atoms with Gasteiger partial charge in [-0.3, -0.25) is 9.59 Å². The van der Waals surface area contributed by atoms with Crippen molar-refractivity contribution in [3.8, 4) is 5.75 Å². The third-order valence-corrected chi connectivity index (χ3v) is 5.43. The van der Waals surface area contributed by atoms with E-state index in [0.29, 0.717) is 18.0 Å². The summed E-state index contributed by atoms with van der Waals surface area (Å²) in [5.41, 5.74) is 0.00694. The number of carbonyl (C=O) groups excluding carboxylic acids is 2. The van der Waals surface area contributed by atoms with Gasteiger partial charge in [0.05, 0.1) is 0 Å². The van der Waals surface area contributed by atoms with Gasteiger partial charge in [-0.2, -0.15) is 0 Å². The maximum Gasteiger partial charge on any atom is 0.260 e. The first kappa shape index (κ1) is 19.7. The van der Waals surface area contributed by atoms with E-state index in [-0.39, 0.29) is 18.4 Å². The lowest BCUT2D eigenvalue weighted by Crippen LogP contribution is -2.47. The van der Waals surface area contributed by atoms with Gasteiger partial charge in [0.2, 0.25) is 0 Å². The minimum absolute atomic E-state index is 0.0285. The lowest BCUT2D eigenvalue weighted by atomic mass is 9.83. The molecule has 0 aromatic heterocycles. The molecule has 0 spiro atoms. The first-order valence-electron chi connectivity index (χ1n) is 10.1. The summed E-state index contributed by atoms with van der Waals surface area (Å²) >= 11 is 0. The van der Waals surface area contributed by atoms with Gasteiger partial charge in [-0.25, -0.2) is 0 Å². The molecule has 148 valence electrons. The van der Waals surface area contributed by atoms with Crippen molar-refractivity contribution >= 4 is 17.5 Å². The summed E-state index contributed by atoms with van der Waals surface area (Å²) in [5.74, 6) is 0.584. The third kappa shape index (κ3) is 5.01. The van der Waals surface area contributed by atoms with Crippen LogP contribution in [0.15, 0.2) is 24.3 Å². The van der Waals surface area contributed by atoms with Gasteiger partial charge in [0, 0.05) is 25.4 Å². The summed E-state index contributed by atoms with van der Waals surface area (Å²) < 4.78 is 11.4. The fourth-order valence-corrected chi connectivity index (χ4v) is 3.92. The van der Waals surface area contributed by atoms with E-state index in [1.54, 1.807) is 24.3 Å². The molecule has 1 aromatic rings. The van der Waals surface area contributed by atoms with Crippen LogP contribution in [0, 0.1) is 0 Å². The molecule has 0 atom stereocenters. The topological polar surface area (TPSA) is 67.9 Å². The predicted molar refractivity (Wildman–Crippen MR) is 104 cm³/mol. The molecule has 1 saturated carbocycles. The molecule has 1 saturated heterocycles. The van der Waals surface area contributed by atoms with Crippen LogP contribution < -0.4 is 10.1 Å². The summed E-state index contributed by atoms with van der Waals surface area (Å²) in [6.45, 7) is 4.17. The molecule has 6 nitrogen and oxygen atoms in total. The predicted octanol–water partition coefficient (Wildman–Crippen LogP) is 3.37. The van der Waals surface area contributed by atoms with E-state index >= 15 is 0 Å². The molecular weight excluding hydrogens is 344 g/mol. The van der Waals surface area contributed by atoms with Crippen LogP contribution in [0.1, 0.15) is 51.9 Å². The van der Waals surface area contributed by atoms with Gasteiger partial charge >= 0.3 is 0 Å². The highest BCUT2D eigenvalue weighted by molar-refractivity contribution is 5.97. The maximum atomic E-state index is 12.8. The maximum absolute atomic E-state index is 12.8. The Bertz CT molecular complexity index is 627. The zero-order valence-corrected chi connectivity index (χ0v) is 16.2. The molecule has 0 unspecified atom stereocenters. The molecule has 0 bridgehead atoms. The number of benzene rings is 1. The van der Waals surface area contributed by atoms with Crippen molar-refractivity contribution in [3.05, 3.63) is 24.3 Å². The fourth-order valence-electron chi connectivity index (χ4n) is 3.92. The van der Waals surface area contributed by atoms with Crippen molar-refractivity contribution in [2.24, 2.45) is 0 Å². The van der Waals surface area contributed by atoms with Crippen LogP contribution in [-0.4, -0.2) is 48.6 Å². The smallest absolute Gasteiger partial charge is 0.260 e. The number of likely N-dealkylation sites (tertiary alicyclic amines) is 1. The molecule has 1 N–H and O–H groups in total. The lowest BCUT2D eigenvalue weighted by molar-refractivity contribution is -0.145. The van der Waals surface area contributed by atoms with E-state index in [1.165, 1.54) is 0 Å². The summed E-state index contributed by atoms with van der Waals surface area (Å²) in [4.78, 5) is 26.7. The average Bonchev–Trinajstić information content (AvgIpc) is 3.23. The van der Waals surface area contributed by atoms with E-state index in [0.717, 1.165) is 58.0 Å². The summed E-state index contributed by atoms with van der Waals surface area (Å²) in [7, 11) is 0. The quantitative estimate of drug-likeness (QED) is 0.795. The number of nitrogens with zero attached hydrogens (tertiary/aromatic N) is 1. The Hall–Kier alpha value is -2.08. The SMILES string of the molecule is CCOC1(C(=O)Nc2ccc(OCC(=O)N3CCCC3)cc2)CCCCC1. The summed E-state index contributed by atoms with van der Waals surface area (Å²) in [6, 6.07) is 7.16. The number of nitrogens with one attached hydrogen (secondary N) is 1. The van der Waals surface area contributed by atoms with Crippen molar-refractivity contribution < 1.29 is 19.1 Å². The van der Waals surface area contributed by atoms with Crippen LogP contribution in [0.4, 0.5) is 5.69 Å². The zero-order chi connectivity index (χ0) is 19.1. The van der Waals surface area contributed by atoms with Crippen LogP contribution in [0.2, 0.25) is 0 Å². The highest BCUT2D eigenvalue weighted by Crippen LogP contribution is 2.33. The molecule has 1 heterocycles. The Morgan fingerprint density at radius 2 is 1.70 bits per heavy atom. The minimum atomic E-state index is -0.704. The third-order valence-electron chi connectivity index (χ3n) is 5.43. The molecule has 6 heteroatoms. The molecule has 1 aliphatic carbocycles. The Labute approximate surface area is 161 Å². The van der Waals surface area contributed by atoms with E-state index in [2.05, 4.69) is 5.32 Å². The van der Waals surface area contributed by atoms with Crippen LogP contribution in [0.5, 0.6) is 5.75 Å². The van der Waals surface area contributed by atoms with Gasteiger partial charge < -0.3 is 19.7 Å². The van der Waals surface area contributed by atoms with Crippen molar-refractivity contribution in [1.29, 1.82) is 0 Å². The first-order valence-corrected chi connectivity index (χ1v) is 10.1. The number of ether oxygens (including phenoxy) is 2. The number of anilines is 1. The molecule has 2 fully saturated rings. The Morgan fingerprint density at radius 3 is 2.33 bits per heavy atom. The Balaban J connectivity index is 1.53. The van der Waals surface area contributed by atoms with Gasteiger partial charge in [0.25, 0.3) is 11.8 Å². The van der Waals surface area contributed by atoms with Crippen LogP contribution in [0.3, 0.4) is 0 Å². The highest BCUT2D eigenvalue weighted by atomic mass is 16.5. The second-order valence-corrected chi connectivity index (χ2v) is 7.34. The summed E-state index contributed by atoms with van der Waals surface area (Å²) in [5, 5.41) is 2.98. The monoisotopic (exact) mass is 374 g/mol. The lowest BCUT2D eigenvalue weighted by Gasteiger charge is -2.35. The number of hydrogen-bond donors (Lipinski definition) is 1. The molecule has 2 amide bonds. The van der Waals surface area contributed by atoms with Crippen molar-refractivity contribution in [2.75, 3.05) is 31.6 Å². The molecule has 27 heavy (non-hydrogen) atoms. The van der Waals surface area contributed by atoms with E-state index in [4.69, 9.17) is 9.47 Å². The second-order valence-electron chi connectivity index (χ2n) is 7.34. The van der Waals surface area contributed by atoms with Crippen molar-refractivity contribution in [3.63, 3.8) is 0 Å². The minimum Gasteiger partial charge on any atom is -0.484 e. The van der Waals surface area contributed by atoms with Crippen LogP contribution >= 0.6 is 0 Å². The Morgan fingerprint density at radius 1 is 1.04 bits per heavy atom. The standard InChI is InChI=1S/C21H30N2O4/c1-2-27-21(12-4-3-5-13-21)20(25)22-17-8-10-18(11-9-17)26-16-19(24)23-14-6-7-15-23/h8-11H,2-7,12-16H2,1H3,(H,22,25). The number of rotatable bonds is 7.